The molecule has 150 valence electrons. The number of nitrogens with zero attached hydrogens (tertiary/aromatic N) is 3. The standard InChI is InChI=1S/C20H22N6O2S/c1-11-16-18(27)24-15(10-26(2)3)25-20(16)29-17(11)19(28)21-9-8-14-22-12-6-4-5-7-13(12)23-14/h4-7H,8-10H2,1-3H3,(H,21,28)(H,22,23)(H,24,25,27). The molecule has 3 N–H and O–H groups in total. The molecule has 0 aliphatic carbocycles. The fourth-order valence-corrected chi connectivity index (χ4v) is 4.40. The lowest BCUT2D eigenvalue weighted by Gasteiger charge is -2.07. The molecule has 0 atom stereocenters. The number of carbonyl (C=O) groups excluding carboxylic acids is 1. The van der Waals surface area contributed by atoms with Crippen molar-refractivity contribution >= 4 is 38.5 Å². The minimum absolute atomic E-state index is 0.199. The van der Waals surface area contributed by atoms with Crippen LogP contribution in [0.3, 0.4) is 0 Å². The second-order valence-electron chi connectivity index (χ2n) is 7.19. The number of amides is 1. The topological polar surface area (TPSA) is 107 Å². The molecule has 4 rings (SSSR count). The van der Waals surface area contributed by atoms with Gasteiger partial charge in [-0.25, -0.2) is 9.97 Å². The Kier molecular flexibility index (Phi) is 5.16. The Hall–Kier alpha value is -3.04. The normalized spacial score (nSPS) is 11.6. The number of rotatable bonds is 6. The molecule has 8 nitrogen and oxygen atoms in total. The molecule has 4 aromatic rings. The zero-order chi connectivity index (χ0) is 20.5. The maximum atomic E-state index is 12.7. The van der Waals surface area contributed by atoms with E-state index < -0.39 is 0 Å². The summed E-state index contributed by atoms with van der Waals surface area (Å²) in [5.74, 6) is 1.21. The molecule has 3 aromatic heterocycles. The van der Waals surface area contributed by atoms with Crippen LogP contribution in [0.15, 0.2) is 29.1 Å². The molecule has 1 aromatic carbocycles. The Morgan fingerprint density at radius 3 is 2.72 bits per heavy atom. The Labute approximate surface area is 171 Å². The number of H-pyrrole nitrogens is 2. The van der Waals surface area contributed by atoms with E-state index in [1.165, 1.54) is 11.3 Å². The van der Waals surface area contributed by atoms with Crippen molar-refractivity contribution in [1.82, 2.24) is 30.2 Å². The molecule has 0 radical (unpaired) electrons. The van der Waals surface area contributed by atoms with Crippen LogP contribution in [-0.4, -0.2) is 51.4 Å². The molecule has 0 aliphatic rings. The first-order valence-corrected chi connectivity index (χ1v) is 10.1. The van der Waals surface area contributed by atoms with E-state index in [-0.39, 0.29) is 11.5 Å². The van der Waals surface area contributed by atoms with Gasteiger partial charge in [0.05, 0.1) is 27.8 Å². The van der Waals surface area contributed by atoms with Gasteiger partial charge in [-0.1, -0.05) is 12.1 Å². The third-order valence-corrected chi connectivity index (χ3v) is 5.79. The quantitative estimate of drug-likeness (QED) is 0.452. The molecule has 0 saturated heterocycles. The number of carbonyl (C=O) groups is 1. The highest BCUT2D eigenvalue weighted by molar-refractivity contribution is 7.20. The number of hydrogen-bond donors (Lipinski definition) is 3. The van der Waals surface area contributed by atoms with Crippen LogP contribution in [-0.2, 0) is 13.0 Å². The minimum atomic E-state index is -0.207. The first-order chi connectivity index (χ1) is 13.9. The van der Waals surface area contributed by atoms with Gasteiger partial charge in [0.1, 0.15) is 16.5 Å². The summed E-state index contributed by atoms with van der Waals surface area (Å²) in [6.07, 6.45) is 0.593. The van der Waals surface area contributed by atoms with Crippen LogP contribution in [0.2, 0.25) is 0 Å². The fourth-order valence-electron chi connectivity index (χ4n) is 3.28. The highest BCUT2D eigenvalue weighted by atomic mass is 32.1. The minimum Gasteiger partial charge on any atom is -0.351 e. The highest BCUT2D eigenvalue weighted by Crippen LogP contribution is 2.27. The van der Waals surface area contributed by atoms with Crippen LogP contribution in [0.5, 0.6) is 0 Å². The fraction of sp³-hybridized carbons (Fsp3) is 0.300. The summed E-state index contributed by atoms with van der Waals surface area (Å²) < 4.78 is 0. The molecule has 0 saturated carbocycles. The van der Waals surface area contributed by atoms with E-state index in [2.05, 4.69) is 25.3 Å². The van der Waals surface area contributed by atoms with E-state index in [0.717, 1.165) is 16.9 Å². The van der Waals surface area contributed by atoms with Gasteiger partial charge in [0.2, 0.25) is 0 Å². The molecular weight excluding hydrogens is 388 g/mol. The number of imidazole rings is 1. The zero-order valence-electron chi connectivity index (χ0n) is 16.5. The SMILES string of the molecule is Cc1c(C(=O)NCCc2nc3ccccc3[nH]2)sc2nc(CN(C)C)[nH]c(=O)c12. The van der Waals surface area contributed by atoms with Gasteiger partial charge in [0.15, 0.2) is 0 Å². The van der Waals surface area contributed by atoms with Crippen molar-refractivity contribution in [2.24, 2.45) is 0 Å². The first kappa shape index (κ1) is 19.3. The lowest BCUT2D eigenvalue weighted by atomic mass is 10.2. The average Bonchev–Trinajstić information content (AvgIpc) is 3.21. The molecule has 0 unspecified atom stereocenters. The van der Waals surface area contributed by atoms with Crippen LogP contribution in [0.4, 0.5) is 0 Å². The van der Waals surface area contributed by atoms with Crippen molar-refractivity contribution in [1.29, 1.82) is 0 Å². The van der Waals surface area contributed by atoms with Crippen molar-refractivity contribution in [3.63, 3.8) is 0 Å². The summed E-state index contributed by atoms with van der Waals surface area (Å²) >= 11 is 1.25. The highest BCUT2D eigenvalue weighted by Gasteiger charge is 2.19. The third kappa shape index (κ3) is 3.92. The number of aromatic amines is 2. The molecule has 29 heavy (non-hydrogen) atoms. The van der Waals surface area contributed by atoms with Gasteiger partial charge < -0.3 is 20.2 Å². The van der Waals surface area contributed by atoms with E-state index in [0.29, 0.717) is 46.0 Å². The third-order valence-electron chi connectivity index (χ3n) is 4.61. The monoisotopic (exact) mass is 410 g/mol. The maximum absolute atomic E-state index is 12.7. The van der Waals surface area contributed by atoms with Crippen molar-refractivity contribution in [3.8, 4) is 0 Å². The lowest BCUT2D eigenvalue weighted by molar-refractivity contribution is 0.0957. The van der Waals surface area contributed by atoms with Gasteiger partial charge in [-0.15, -0.1) is 11.3 Å². The van der Waals surface area contributed by atoms with E-state index in [9.17, 15) is 9.59 Å². The Morgan fingerprint density at radius 2 is 1.97 bits per heavy atom. The number of aromatic nitrogens is 4. The summed E-state index contributed by atoms with van der Waals surface area (Å²) in [7, 11) is 3.81. The van der Waals surface area contributed by atoms with E-state index >= 15 is 0 Å². The van der Waals surface area contributed by atoms with E-state index in [1.54, 1.807) is 6.92 Å². The first-order valence-electron chi connectivity index (χ1n) is 9.31. The molecule has 0 aliphatic heterocycles. The number of aryl methyl sites for hydroxylation is 1. The molecule has 3 heterocycles. The van der Waals surface area contributed by atoms with Crippen LogP contribution < -0.4 is 10.9 Å². The van der Waals surface area contributed by atoms with E-state index in [4.69, 9.17) is 0 Å². The summed E-state index contributed by atoms with van der Waals surface area (Å²) in [5, 5.41) is 3.41. The summed E-state index contributed by atoms with van der Waals surface area (Å²) in [6, 6.07) is 7.82. The second-order valence-corrected chi connectivity index (χ2v) is 8.19. The molecular formula is C20H22N6O2S. The van der Waals surface area contributed by atoms with Gasteiger partial charge >= 0.3 is 0 Å². The van der Waals surface area contributed by atoms with Gasteiger partial charge in [0, 0.05) is 13.0 Å². The van der Waals surface area contributed by atoms with Gasteiger partial charge in [-0.2, -0.15) is 0 Å². The second kappa shape index (κ2) is 7.76. The summed E-state index contributed by atoms with van der Waals surface area (Å²) in [4.78, 5) is 43.3. The summed E-state index contributed by atoms with van der Waals surface area (Å²) in [5.41, 5.74) is 2.35. The van der Waals surface area contributed by atoms with Crippen molar-refractivity contribution in [3.05, 3.63) is 56.7 Å². The van der Waals surface area contributed by atoms with Gasteiger partial charge in [-0.3, -0.25) is 9.59 Å². The van der Waals surface area contributed by atoms with Gasteiger partial charge in [-0.05, 0) is 38.7 Å². The van der Waals surface area contributed by atoms with Crippen LogP contribution in [0.25, 0.3) is 21.3 Å². The molecule has 9 heteroatoms. The smallest absolute Gasteiger partial charge is 0.261 e. The van der Waals surface area contributed by atoms with E-state index in [1.807, 2.05) is 43.3 Å². The molecule has 0 bridgehead atoms. The Morgan fingerprint density at radius 1 is 1.17 bits per heavy atom. The largest absolute Gasteiger partial charge is 0.351 e. The van der Waals surface area contributed by atoms with Crippen LogP contribution in [0.1, 0.15) is 26.9 Å². The maximum Gasteiger partial charge on any atom is 0.261 e. The molecule has 1 amide bonds. The molecule has 0 spiro atoms. The average molecular weight is 411 g/mol. The van der Waals surface area contributed by atoms with Crippen molar-refractivity contribution < 1.29 is 4.79 Å². The molecule has 0 fully saturated rings. The number of benzene rings is 1. The van der Waals surface area contributed by atoms with Crippen LogP contribution in [0, 0.1) is 6.92 Å². The number of fused-ring (bicyclic) bond motifs is 2. The lowest BCUT2D eigenvalue weighted by Crippen LogP contribution is -2.25. The predicted molar refractivity (Wildman–Crippen MR) is 114 cm³/mol. The number of para-hydroxylation sites is 2. The summed E-state index contributed by atoms with van der Waals surface area (Å²) in [6.45, 7) is 2.76. The van der Waals surface area contributed by atoms with Crippen molar-refractivity contribution in [2.75, 3.05) is 20.6 Å². The van der Waals surface area contributed by atoms with Gasteiger partial charge in [0.25, 0.3) is 11.5 Å². The number of thiophene rings is 1. The number of nitrogens with one attached hydrogen (secondary N) is 3. The number of hydrogen-bond acceptors (Lipinski definition) is 6. The predicted octanol–water partition coefficient (Wildman–Crippen LogP) is 2.20. The Balaban J connectivity index is 1.49. The van der Waals surface area contributed by atoms with Crippen molar-refractivity contribution in [2.45, 2.75) is 19.9 Å². The van der Waals surface area contributed by atoms with Crippen LogP contribution >= 0.6 is 11.3 Å². The Bertz CT molecular complexity index is 1220. The zero-order valence-corrected chi connectivity index (χ0v) is 17.3.